The Morgan fingerprint density at radius 3 is 2.21 bits per heavy atom. The van der Waals surface area contributed by atoms with E-state index in [2.05, 4.69) is 51.5 Å². The number of piperazine rings is 1. The molecule has 1 fully saturated rings. The maximum absolute atomic E-state index is 13.0. The van der Waals surface area contributed by atoms with Crippen molar-refractivity contribution in [2.75, 3.05) is 44.2 Å². The molecule has 0 unspecified atom stereocenters. The Bertz CT molecular complexity index is 1540. The number of rotatable bonds is 10. The summed E-state index contributed by atoms with van der Waals surface area (Å²) in [4.78, 5) is 33.7. The van der Waals surface area contributed by atoms with Gasteiger partial charge in [-0.05, 0) is 55.1 Å². The van der Waals surface area contributed by atoms with Gasteiger partial charge in [-0.1, -0.05) is 66.7 Å². The summed E-state index contributed by atoms with van der Waals surface area (Å²) in [7, 11) is 0. The molecular formula is C34H36N4O4. The second-order valence-electron chi connectivity index (χ2n) is 11.0. The van der Waals surface area contributed by atoms with Crippen LogP contribution in [0.4, 0.5) is 10.6 Å². The van der Waals surface area contributed by atoms with Crippen molar-refractivity contribution in [3.8, 4) is 11.1 Å². The van der Waals surface area contributed by atoms with E-state index in [1.807, 2.05) is 48.5 Å². The van der Waals surface area contributed by atoms with Crippen molar-refractivity contribution < 1.29 is 19.4 Å². The van der Waals surface area contributed by atoms with Gasteiger partial charge in [-0.15, -0.1) is 0 Å². The van der Waals surface area contributed by atoms with E-state index in [0.29, 0.717) is 6.42 Å². The average Bonchev–Trinajstić information content (AvgIpc) is 3.29. The Morgan fingerprint density at radius 2 is 1.50 bits per heavy atom. The molecule has 216 valence electrons. The number of aliphatic carboxylic acids is 1. The number of carboxylic acid groups (broad SMARTS) is 1. The van der Waals surface area contributed by atoms with E-state index in [-0.39, 0.29) is 13.0 Å². The number of aromatic nitrogens is 1. The molecule has 8 nitrogen and oxygen atoms in total. The van der Waals surface area contributed by atoms with Gasteiger partial charge >= 0.3 is 12.1 Å². The van der Waals surface area contributed by atoms with Crippen molar-refractivity contribution in [1.82, 2.24) is 15.2 Å². The standard InChI is InChI=1S/C34H36N4O4/c39-32(40)17-19-35-33(41)42-34(28-12-4-2-10-26(28)27-11-3-5-13-29(27)34)18-7-8-20-37-21-23-38(24-22-37)31-16-15-25-9-1-6-14-30(25)36-31/h1-6,9-16H,7-8,17-24H2,(H,35,41)(H,39,40). The molecule has 2 aliphatic rings. The molecule has 0 saturated carbocycles. The summed E-state index contributed by atoms with van der Waals surface area (Å²) >= 11 is 0. The number of carbonyl (C=O) groups excluding carboxylic acids is 1. The number of carboxylic acids is 1. The van der Waals surface area contributed by atoms with E-state index in [9.17, 15) is 9.59 Å². The number of nitrogens with one attached hydrogen (secondary N) is 1. The van der Waals surface area contributed by atoms with Gasteiger partial charge in [-0.3, -0.25) is 9.69 Å². The molecule has 1 aliphatic heterocycles. The second-order valence-corrected chi connectivity index (χ2v) is 11.0. The number of pyridine rings is 1. The lowest BCUT2D eigenvalue weighted by atomic mass is 9.86. The summed E-state index contributed by atoms with van der Waals surface area (Å²) < 4.78 is 6.25. The third-order valence-corrected chi connectivity index (χ3v) is 8.42. The highest BCUT2D eigenvalue weighted by molar-refractivity contribution is 5.82. The van der Waals surface area contributed by atoms with E-state index < -0.39 is 17.7 Å². The maximum atomic E-state index is 13.0. The predicted molar refractivity (Wildman–Crippen MR) is 164 cm³/mol. The molecule has 8 heteroatoms. The number of unbranched alkanes of at least 4 members (excludes halogenated alkanes) is 1. The summed E-state index contributed by atoms with van der Waals surface area (Å²) in [6.45, 7) is 4.84. The van der Waals surface area contributed by atoms with Crippen LogP contribution in [-0.2, 0) is 15.1 Å². The van der Waals surface area contributed by atoms with Crippen LogP contribution in [0.15, 0.2) is 84.9 Å². The molecule has 0 spiro atoms. The first-order chi connectivity index (χ1) is 20.5. The zero-order chi connectivity index (χ0) is 28.9. The molecule has 1 aliphatic carbocycles. The van der Waals surface area contributed by atoms with Gasteiger partial charge in [0.25, 0.3) is 0 Å². The quantitative estimate of drug-likeness (QED) is 0.240. The molecule has 1 saturated heterocycles. The lowest BCUT2D eigenvalue weighted by molar-refractivity contribution is -0.136. The zero-order valence-corrected chi connectivity index (χ0v) is 23.7. The number of anilines is 1. The lowest BCUT2D eigenvalue weighted by Gasteiger charge is -2.36. The van der Waals surface area contributed by atoms with E-state index in [4.69, 9.17) is 14.8 Å². The Kier molecular flexibility index (Phi) is 8.06. The normalized spacial score (nSPS) is 15.7. The maximum Gasteiger partial charge on any atom is 0.408 e. The van der Waals surface area contributed by atoms with Gasteiger partial charge in [0.05, 0.1) is 11.9 Å². The number of benzene rings is 3. The molecule has 6 rings (SSSR count). The Hall–Kier alpha value is -4.43. The summed E-state index contributed by atoms with van der Waals surface area (Å²) in [5.74, 6) is 0.0727. The topological polar surface area (TPSA) is 95.0 Å². The van der Waals surface area contributed by atoms with E-state index in [1.54, 1.807) is 0 Å². The van der Waals surface area contributed by atoms with Crippen molar-refractivity contribution in [3.63, 3.8) is 0 Å². The van der Waals surface area contributed by atoms with Gasteiger partial charge in [0.1, 0.15) is 5.82 Å². The minimum atomic E-state index is -0.962. The summed E-state index contributed by atoms with van der Waals surface area (Å²) in [5.41, 5.74) is 4.22. The number of para-hydroxylation sites is 1. The Morgan fingerprint density at radius 1 is 0.833 bits per heavy atom. The Labute approximate surface area is 245 Å². The minimum absolute atomic E-state index is 0.0221. The lowest BCUT2D eigenvalue weighted by Crippen LogP contribution is -2.47. The summed E-state index contributed by atoms with van der Waals surface area (Å²) in [6, 6.07) is 28.7. The largest absolute Gasteiger partial charge is 0.481 e. The fourth-order valence-corrected chi connectivity index (χ4v) is 6.32. The SMILES string of the molecule is O=C(O)CCNC(=O)OC1(CCCCN2CCN(c3ccc4ccccc4n3)CC2)c2ccccc2-c2ccccc21. The van der Waals surface area contributed by atoms with Gasteiger partial charge in [0.15, 0.2) is 5.60 Å². The fourth-order valence-electron chi connectivity index (χ4n) is 6.32. The molecular weight excluding hydrogens is 528 g/mol. The van der Waals surface area contributed by atoms with Crippen LogP contribution in [0.5, 0.6) is 0 Å². The first-order valence-electron chi connectivity index (χ1n) is 14.7. The third kappa shape index (κ3) is 5.67. The molecule has 1 amide bonds. The number of hydrogen-bond donors (Lipinski definition) is 2. The van der Waals surface area contributed by atoms with E-state index in [0.717, 1.165) is 84.5 Å². The molecule has 3 aromatic carbocycles. The Balaban J connectivity index is 1.09. The van der Waals surface area contributed by atoms with Crippen molar-refractivity contribution in [2.45, 2.75) is 31.3 Å². The van der Waals surface area contributed by atoms with E-state index >= 15 is 0 Å². The van der Waals surface area contributed by atoms with Crippen molar-refractivity contribution in [1.29, 1.82) is 0 Å². The van der Waals surface area contributed by atoms with Crippen molar-refractivity contribution in [3.05, 3.63) is 96.1 Å². The third-order valence-electron chi connectivity index (χ3n) is 8.42. The first kappa shape index (κ1) is 27.7. The highest BCUT2D eigenvalue weighted by atomic mass is 16.6. The number of carbonyl (C=O) groups is 2. The van der Waals surface area contributed by atoms with Gasteiger partial charge in [-0.2, -0.15) is 0 Å². The molecule has 4 aromatic rings. The molecule has 0 bridgehead atoms. The van der Waals surface area contributed by atoms with Crippen LogP contribution in [0.3, 0.4) is 0 Å². The van der Waals surface area contributed by atoms with Crippen LogP contribution in [0.1, 0.15) is 36.8 Å². The summed E-state index contributed by atoms with van der Waals surface area (Å²) in [5, 5.41) is 12.8. The van der Waals surface area contributed by atoms with Crippen LogP contribution in [-0.4, -0.2) is 66.3 Å². The summed E-state index contributed by atoms with van der Waals surface area (Å²) in [6.07, 6.45) is 1.75. The second kappa shape index (κ2) is 12.2. The number of hydrogen-bond acceptors (Lipinski definition) is 6. The highest BCUT2D eigenvalue weighted by Crippen LogP contribution is 2.52. The van der Waals surface area contributed by atoms with Gasteiger partial charge in [-0.25, -0.2) is 9.78 Å². The monoisotopic (exact) mass is 564 g/mol. The molecule has 0 radical (unpaired) electrons. The molecule has 2 N–H and O–H groups in total. The first-order valence-corrected chi connectivity index (χ1v) is 14.7. The smallest absolute Gasteiger partial charge is 0.408 e. The van der Waals surface area contributed by atoms with Gasteiger partial charge in [0, 0.05) is 49.2 Å². The molecule has 0 atom stereocenters. The van der Waals surface area contributed by atoms with E-state index in [1.165, 1.54) is 0 Å². The van der Waals surface area contributed by atoms with Crippen LogP contribution in [0.25, 0.3) is 22.0 Å². The number of amides is 1. The van der Waals surface area contributed by atoms with Crippen LogP contribution in [0, 0.1) is 0 Å². The highest BCUT2D eigenvalue weighted by Gasteiger charge is 2.46. The fraction of sp³-hybridized carbons (Fsp3) is 0.324. The number of fused-ring (bicyclic) bond motifs is 4. The molecule has 42 heavy (non-hydrogen) atoms. The van der Waals surface area contributed by atoms with Crippen LogP contribution >= 0.6 is 0 Å². The minimum Gasteiger partial charge on any atom is -0.481 e. The number of alkyl carbamates (subject to hydrolysis) is 1. The average molecular weight is 565 g/mol. The zero-order valence-electron chi connectivity index (χ0n) is 23.7. The van der Waals surface area contributed by atoms with Crippen LogP contribution < -0.4 is 10.2 Å². The van der Waals surface area contributed by atoms with Crippen LogP contribution in [0.2, 0.25) is 0 Å². The number of nitrogens with zero attached hydrogens (tertiary/aromatic N) is 3. The van der Waals surface area contributed by atoms with Gasteiger partial charge < -0.3 is 20.1 Å². The number of ether oxygens (including phenoxy) is 1. The van der Waals surface area contributed by atoms with Crippen molar-refractivity contribution >= 4 is 28.8 Å². The molecule has 2 heterocycles. The molecule has 1 aromatic heterocycles. The van der Waals surface area contributed by atoms with Crippen molar-refractivity contribution in [2.24, 2.45) is 0 Å². The van der Waals surface area contributed by atoms with Gasteiger partial charge in [0.2, 0.25) is 0 Å². The predicted octanol–water partition coefficient (Wildman–Crippen LogP) is 5.65.